The third-order valence-corrected chi connectivity index (χ3v) is 7.31. The molecule has 2 aromatic heterocycles. The van der Waals surface area contributed by atoms with Gasteiger partial charge in [0.25, 0.3) is 0 Å². The average Bonchev–Trinajstić information content (AvgIpc) is 3.29. The summed E-state index contributed by atoms with van der Waals surface area (Å²) in [6, 6.07) is 19.1. The molecule has 2 N–H and O–H groups in total. The number of pyridine rings is 1. The Hall–Kier alpha value is -4.01. The molecule has 0 atom stereocenters. The molecular weight excluding hydrogens is 506 g/mol. The first-order valence-electron chi connectivity index (χ1n) is 12.3. The number of halogens is 3. The minimum absolute atomic E-state index is 0.0299. The van der Waals surface area contributed by atoms with E-state index in [-0.39, 0.29) is 16.5 Å². The topological polar surface area (TPSA) is 63.2 Å². The van der Waals surface area contributed by atoms with Crippen molar-refractivity contribution < 1.29 is 8.78 Å². The van der Waals surface area contributed by atoms with Crippen LogP contribution in [0.1, 0.15) is 0 Å². The van der Waals surface area contributed by atoms with Gasteiger partial charge in [-0.3, -0.25) is 4.57 Å². The molecule has 0 bridgehead atoms. The maximum absolute atomic E-state index is 15.2. The standard InChI is InChI=1S/C29H25ClF2N6/c1-36-11-13-37(14-12-36)21-8-5-18(6-9-21)19-15-22(28(33)34-17-19)29-35-24-16-20(31)7-10-25(24)38(29)26-4-2-3-23(30)27(26)32/h2-10,15-17H,11-14H2,1H3,(H2,33,34). The Morgan fingerprint density at radius 1 is 0.895 bits per heavy atom. The van der Waals surface area contributed by atoms with Gasteiger partial charge in [-0.2, -0.15) is 0 Å². The van der Waals surface area contributed by atoms with E-state index in [0.717, 1.165) is 37.3 Å². The second kappa shape index (κ2) is 9.70. The van der Waals surface area contributed by atoms with Crippen molar-refractivity contribution in [3.8, 4) is 28.2 Å². The molecule has 3 aromatic carbocycles. The number of rotatable bonds is 4. The molecule has 38 heavy (non-hydrogen) atoms. The van der Waals surface area contributed by atoms with Gasteiger partial charge in [0, 0.05) is 49.7 Å². The normalized spacial score (nSPS) is 14.4. The van der Waals surface area contributed by atoms with Crippen LogP contribution in [0, 0.1) is 11.6 Å². The van der Waals surface area contributed by atoms with Crippen LogP contribution in [0.15, 0.2) is 72.9 Å². The number of likely N-dealkylation sites (N-methyl/N-ethyl adjacent to an activating group) is 1. The van der Waals surface area contributed by atoms with Crippen LogP contribution in [0.25, 0.3) is 39.2 Å². The molecule has 0 radical (unpaired) electrons. The molecule has 0 aliphatic carbocycles. The number of anilines is 2. The van der Waals surface area contributed by atoms with E-state index >= 15 is 4.39 Å². The van der Waals surface area contributed by atoms with Crippen molar-refractivity contribution in [3.63, 3.8) is 0 Å². The summed E-state index contributed by atoms with van der Waals surface area (Å²) in [5, 5.41) is -0.0299. The number of hydrogen-bond donors (Lipinski definition) is 1. The average molecular weight is 531 g/mol. The second-order valence-corrected chi connectivity index (χ2v) is 9.88. The Bertz CT molecular complexity index is 1640. The van der Waals surface area contributed by atoms with Crippen LogP contribution < -0.4 is 10.6 Å². The Morgan fingerprint density at radius 3 is 2.42 bits per heavy atom. The van der Waals surface area contributed by atoms with Crippen LogP contribution in [0.5, 0.6) is 0 Å². The van der Waals surface area contributed by atoms with Gasteiger partial charge in [-0.15, -0.1) is 0 Å². The van der Waals surface area contributed by atoms with Gasteiger partial charge in [-0.1, -0.05) is 29.8 Å². The van der Waals surface area contributed by atoms with E-state index in [9.17, 15) is 4.39 Å². The molecule has 1 saturated heterocycles. The summed E-state index contributed by atoms with van der Waals surface area (Å²) >= 11 is 6.11. The number of imidazole rings is 1. The van der Waals surface area contributed by atoms with Gasteiger partial charge in [-0.25, -0.2) is 18.7 Å². The van der Waals surface area contributed by atoms with E-state index in [1.165, 1.54) is 23.9 Å². The van der Waals surface area contributed by atoms with E-state index in [1.54, 1.807) is 29.0 Å². The van der Waals surface area contributed by atoms with Crippen LogP contribution in [0.3, 0.4) is 0 Å². The fourth-order valence-corrected chi connectivity index (χ4v) is 5.05. The molecule has 0 spiro atoms. The monoisotopic (exact) mass is 530 g/mol. The van der Waals surface area contributed by atoms with E-state index in [0.29, 0.717) is 22.4 Å². The zero-order valence-corrected chi connectivity index (χ0v) is 21.5. The lowest BCUT2D eigenvalue weighted by Gasteiger charge is -2.34. The summed E-state index contributed by atoms with van der Waals surface area (Å²) < 4.78 is 30.9. The molecule has 3 heterocycles. The van der Waals surface area contributed by atoms with E-state index in [1.807, 2.05) is 6.07 Å². The Balaban J connectivity index is 1.45. The summed E-state index contributed by atoms with van der Waals surface area (Å²) in [6.07, 6.45) is 1.70. The number of nitrogens with two attached hydrogens (primary N) is 1. The molecule has 0 amide bonds. The number of piperazine rings is 1. The van der Waals surface area contributed by atoms with Gasteiger partial charge >= 0.3 is 0 Å². The molecule has 1 aliphatic rings. The SMILES string of the molecule is CN1CCN(c2ccc(-c3cnc(N)c(-c4nc5cc(F)ccc5n4-c4cccc(Cl)c4F)c3)cc2)CC1. The highest BCUT2D eigenvalue weighted by atomic mass is 35.5. The van der Waals surface area contributed by atoms with Crippen molar-refractivity contribution in [1.82, 2.24) is 19.4 Å². The van der Waals surface area contributed by atoms with Gasteiger partial charge in [0.05, 0.1) is 27.3 Å². The highest BCUT2D eigenvalue weighted by Crippen LogP contribution is 2.36. The Morgan fingerprint density at radius 2 is 1.66 bits per heavy atom. The summed E-state index contributed by atoms with van der Waals surface area (Å²) in [6.45, 7) is 4.04. The van der Waals surface area contributed by atoms with Crippen molar-refractivity contribution in [2.75, 3.05) is 43.9 Å². The van der Waals surface area contributed by atoms with Crippen molar-refractivity contribution in [1.29, 1.82) is 0 Å². The lowest BCUT2D eigenvalue weighted by Crippen LogP contribution is -2.44. The first-order chi connectivity index (χ1) is 18.4. The highest BCUT2D eigenvalue weighted by molar-refractivity contribution is 6.30. The molecule has 6 nitrogen and oxygen atoms in total. The molecule has 5 aromatic rings. The predicted octanol–water partition coefficient (Wildman–Crippen LogP) is 6.02. The van der Waals surface area contributed by atoms with Crippen LogP contribution in [0.4, 0.5) is 20.3 Å². The van der Waals surface area contributed by atoms with Gasteiger partial charge in [0.2, 0.25) is 0 Å². The fraction of sp³-hybridized carbons (Fsp3) is 0.172. The minimum atomic E-state index is -0.610. The maximum Gasteiger partial charge on any atom is 0.165 e. The van der Waals surface area contributed by atoms with E-state index in [4.69, 9.17) is 17.3 Å². The van der Waals surface area contributed by atoms with Crippen LogP contribution >= 0.6 is 11.6 Å². The van der Waals surface area contributed by atoms with Crippen LogP contribution in [-0.2, 0) is 0 Å². The molecular formula is C29H25ClF2N6. The zero-order chi connectivity index (χ0) is 26.4. The minimum Gasteiger partial charge on any atom is -0.383 e. The molecule has 192 valence electrons. The third kappa shape index (κ3) is 4.36. The lowest BCUT2D eigenvalue weighted by atomic mass is 10.0. The second-order valence-electron chi connectivity index (χ2n) is 9.47. The summed E-state index contributed by atoms with van der Waals surface area (Å²) in [5.74, 6) is -0.489. The number of benzene rings is 3. The smallest absolute Gasteiger partial charge is 0.165 e. The molecule has 9 heteroatoms. The first-order valence-corrected chi connectivity index (χ1v) is 12.7. The van der Waals surface area contributed by atoms with Crippen molar-refractivity contribution in [3.05, 3.63) is 89.6 Å². The zero-order valence-electron chi connectivity index (χ0n) is 20.7. The van der Waals surface area contributed by atoms with Gasteiger partial charge in [0.1, 0.15) is 17.5 Å². The van der Waals surface area contributed by atoms with Gasteiger partial charge < -0.3 is 15.5 Å². The van der Waals surface area contributed by atoms with Crippen LogP contribution in [0.2, 0.25) is 5.02 Å². The molecule has 1 aliphatic heterocycles. The largest absolute Gasteiger partial charge is 0.383 e. The molecule has 6 rings (SSSR count). The third-order valence-electron chi connectivity index (χ3n) is 7.02. The quantitative estimate of drug-likeness (QED) is 0.308. The highest BCUT2D eigenvalue weighted by Gasteiger charge is 2.21. The molecule has 0 unspecified atom stereocenters. The van der Waals surface area contributed by atoms with E-state index < -0.39 is 11.6 Å². The van der Waals surface area contributed by atoms with Crippen molar-refractivity contribution in [2.45, 2.75) is 0 Å². The molecule has 0 saturated carbocycles. The lowest BCUT2D eigenvalue weighted by molar-refractivity contribution is 0.313. The number of fused-ring (bicyclic) bond motifs is 1. The first kappa shape index (κ1) is 24.3. The maximum atomic E-state index is 15.2. The van der Waals surface area contributed by atoms with Gasteiger partial charge in [0.15, 0.2) is 5.82 Å². The number of nitrogen functional groups attached to an aromatic ring is 1. The summed E-state index contributed by atoms with van der Waals surface area (Å²) in [4.78, 5) is 13.8. The van der Waals surface area contributed by atoms with Gasteiger partial charge in [-0.05, 0) is 55.1 Å². The number of aromatic nitrogens is 3. The van der Waals surface area contributed by atoms with Crippen molar-refractivity contribution >= 4 is 34.1 Å². The number of nitrogens with zero attached hydrogens (tertiary/aromatic N) is 5. The number of hydrogen-bond acceptors (Lipinski definition) is 5. The Labute approximate surface area is 223 Å². The summed E-state index contributed by atoms with van der Waals surface area (Å²) in [5.41, 5.74) is 10.9. The fourth-order valence-electron chi connectivity index (χ4n) is 4.88. The Kier molecular flexibility index (Phi) is 6.21. The summed E-state index contributed by atoms with van der Waals surface area (Å²) in [7, 11) is 2.14. The van der Waals surface area contributed by atoms with Crippen LogP contribution in [-0.4, -0.2) is 52.7 Å². The van der Waals surface area contributed by atoms with E-state index in [2.05, 4.69) is 51.1 Å². The predicted molar refractivity (Wildman–Crippen MR) is 149 cm³/mol. The molecule has 1 fully saturated rings. The van der Waals surface area contributed by atoms with Crippen molar-refractivity contribution in [2.24, 2.45) is 0 Å².